The lowest BCUT2D eigenvalue weighted by atomic mass is 10.1. The number of carboxylic acid groups (broad SMARTS) is 1. The van der Waals surface area contributed by atoms with Crippen molar-refractivity contribution in [3.8, 4) is 0 Å². The summed E-state index contributed by atoms with van der Waals surface area (Å²) in [6.45, 7) is 4.38. The normalized spacial score (nSPS) is 11.9. The van der Waals surface area contributed by atoms with Gasteiger partial charge in [-0.3, -0.25) is 14.9 Å². The molecule has 0 saturated carbocycles. The number of aliphatic carboxylic acids is 1. The van der Waals surface area contributed by atoms with Crippen molar-refractivity contribution in [2.24, 2.45) is 5.92 Å². The van der Waals surface area contributed by atoms with Crippen molar-refractivity contribution >= 4 is 17.5 Å². The van der Waals surface area contributed by atoms with E-state index in [9.17, 15) is 14.9 Å². The quantitative estimate of drug-likeness (QED) is 0.610. The summed E-state index contributed by atoms with van der Waals surface area (Å²) in [5.41, 5.74) is -0.0823. The van der Waals surface area contributed by atoms with E-state index in [0.717, 1.165) is 0 Å². The van der Waals surface area contributed by atoms with Crippen LogP contribution in [0, 0.1) is 16.0 Å². The average Bonchev–Trinajstić information content (AvgIpc) is 2.35. The maximum absolute atomic E-state index is 10.8. The van der Waals surface area contributed by atoms with E-state index in [1.807, 2.05) is 6.92 Å². The van der Waals surface area contributed by atoms with E-state index >= 15 is 0 Å². The van der Waals surface area contributed by atoms with E-state index in [4.69, 9.17) is 5.11 Å². The molecule has 1 aromatic rings. The van der Waals surface area contributed by atoms with Crippen LogP contribution in [0.5, 0.6) is 0 Å². The Kier molecular flexibility index (Phi) is 4.59. The lowest BCUT2D eigenvalue weighted by Crippen LogP contribution is -2.32. The number of aromatic nitrogens is 1. The van der Waals surface area contributed by atoms with E-state index in [0.29, 0.717) is 18.9 Å². The minimum Gasteiger partial charge on any atom is -0.481 e. The first-order valence-electron chi connectivity index (χ1n) is 5.54. The molecule has 7 heteroatoms. The van der Waals surface area contributed by atoms with E-state index in [2.05, 4.69) is 4.98 Å². The van der Waals surface area contributed by atoms with Crippen LogP contribution in [0.3, 0.4) is 0 Å². The second kappa shape index (κ2) is 5.95. The Labute approximate surface area is 104 Å². The van der Waals surface area contributed by atoms with Crippen molar-refractivity contribution in [3.63, 3.8) is 0 Å². The molecule has 0 aliphatic heterocycles. The summed E-state index contributed by atoms with van der Waals surface area (Å²) in [5.74, 6) is -0.867. The van der Waals surface area contributed by atoms with Crippen LogP contribution in [0.4, 0.5) is 11.5 Å². The van der Waals surface area contributed by atoms with E-state index < -0.39 is 16.8 Å². The lowest BCUT2D eigenvalue weighted by molar-refractivity contribution is -0.385. The van der Waals surface area contributed by atoms with Gasteiger partial charge in [0.1, 0.15) is 12.0 Å². The van der Waals surface area contributed by atoms with Crippen molar-refractivity contribution in [3.05, 3.63) is 28.4 Å². The van der Waals surface area contributed by atoms with E-state index in [-0.39, 0.29) is 5.69 Å². The largest absolute Gasteiger partial charge is 0.481 e. The molecule has 0 bridgehead atoms. The monoisotopic (exact) mass is 253 g/mol. The maximum atomic E-state index is 10.8. The maximum Gasteiger partial charge on any atom is 0.308 e. The zero-order chi connectivity index (χ0) is 13.7. The standard InChI is InChI=1S/C11H15N3O4/c1-3-13(7-8(2)11(15)16)10-5-4-9(6-12-10)14(17)18/h4-6,8H,3,7H2,1-2H3,(H,15,16). The van der Waals surface area contributed by atoms with Crippen LogP contribution in [0.2, 0.25) is 0 Å². The van der Waals surface area contributed by atoms with Crippen LogP contribution in [0.1, 0.15) is 13.8 Å². The van der Waals surface area contributed by atoms with Gasteiger partial charge >= 0.3 is 5.97 Å². The number of hydrogen-bond acceptors (Lipinski definition) is 5. The first-order chi connectivity index (χ1) is 8.45. The number of pyridine rings is 1. The fraction of sp³-hybridized carbons (Fsp3) is 0.455. The molecule has 0 spiro atoms. The Morgan fingerprint density at radius 2 is 2.28 bits per heavy atom. The molecule has 1 unspecified atom stereocenters. The van der Waals surface area contributed by atoms with Gasteiger partial charge < -0.3 is 10.0 Å². The van der Waals surface area contributed by atoms with Crippen LogP contribution >= 0.6 is 0 Å². The molecule has 1 N–H and O–H groups in total. The highest BCUT2D eigenvalue weighted by Gasteiger charge is 2.17. The number of carboxylic acids is 1. The van der Waals surface area contributed by atoms with E-state index in [1.165, 1.54) is 18.3 Å². The van der Waals surface area contributed by atoms with Crippen LogP contribution in [0.25, 0.3) is 0 Å². The summed E-state index contributed by atoms with van der Waals surface area (Å²) < 4.78 is 0. The van der Waals surface area contributed by atoms with Gasteiger partial charge in [0.15, 0.2) is 0 Å². The Bertz CT molecular complexity index is 432. The number of carbonyl (C=O) groups is 1. The Morgan fingerprint density at radius 3 is 2.67 bits per heavy atom. The van der Waals surface area contributed by atoms with Crippen LogP contribution in [-0.4, -0.2) is 34.1 Å². The molecule has 0 amide bonds. The van der Waals surface area contributed by atoms with Gasteiger partial charge in [-0.2, -0.15) is 0 Å². The zero-order valence-electron chi connectivity index (χ0n) is 10.2. The fourth-order valence-corrected chi connectivity index (χ4v) is 1.47. The molecule has 1 aromatic heterocycles. The molecular formula is C11H15N3O4. The smallest absolute Gasteiger partial charge is 0.308 e. The highest BCUT2D eigenvalue weighted by Crippen LogP contribution is 2.16. The van der Waals surface area contributed by atoms with Gasteiger partial charge in [-0.15, -0.1) is 0 Å². The predicted molar refractivity (Wildman–Crippen MR) is 65.6 cm³/mol. The molecule has 0 aliphatic rings. The summed E-state index contributed by atoms with van der Waals surface area (Å²) in [6.07, 6.45) is 1.17. The first kappa shape index (κ1) is 13.9. The van der Waals surface area contributed by atoms with Crippen molar-refractivity contribution in [1.82, 2.24) is 4.98 Å². The molecule has 7 nitrogen and oxygen atoms in total. The molecule has 0 aromatic carbocycles. The van der Waals surface area contributed by atoms with Crippen molar-refractivity contribution < 1.29 is 14.8 Å². The summed E-state index contributed by atoms with van der Waals surface area (Å²) >= 11 is 0. The lowest BCUT2D eigenvalue weighted by Gasteiger charge is -2.23. The summed E-state index contributed by atoms with van der Waals surface area (Å²) in [4.78, 5) is 26.5. The van der Waals surface area contributed by atoms with Gasteiger partial charge in [0, 0.05) is 19.2 Å². The third-order valence-electron chi connectivity index (χ3n) is 2.56. The van der Waals surface area contributed by atoms with Crippen LogP contribution in [-0.2, 0) is 4.79 Å². The van der Waals surface area contributed by atoms with Crippen LogP contribution in [0.15, 0.2) is 18.3 Å². The predicted octanol–water partition coefficient (Wildman–Crippen LogP) is 1.54. The van der Waals surface area contributed by atoms with Gasteiger partial charge in [-0.25, -0.2) is 4.98 Å². The molecule has 0 fully saturated rings. The number of nitro groups is 1. The summed E-state index contributed by atoms with van der Waals surface area (Å²) in [7, 11) is 0. The van der Waals surface area contributed by atoms with Gasteiger partial charge in [0.2, 0.25) is 0 Å². The molecule has 1 rings (SSSR count). The summed E-state index contributed by atoms with van der Waals surface area (Å²) in [5, 5.41) is 19.3. The second-order valence-electron chi connectivity index (χ2n) is 3.91. The second-order valence-corrected chi connectivity index (χ2v) is 3.91. The topological polar surface area (TPSA) is 96.6 Å². The third-order valence-corrected chi connectivity index (χ3v) is 2.56. The first-order valence-corrected chi connectivity index (χ1v) is 5.54. The fourth-order valence-electron chi connectivity index (χ4n) is 1.47. The van der Waals surface area contributed by atoms with Gasteiger partial charge in [0.25, 0.3) is 5.69 Å². The van der Waals surface area contributed by atoms with Crippen molar-refractivity contribution in [2.45, 2.75) is 13.8 Å². The SMILES string of the molecule is CCN(CC(C)C(=O)O)c1ccc([N+](=O)[O-])cn1. The molecule has 0 aliphatic carbocycles. The summed E-state index contributed by atoms with van der Waals surface area (Å²) in [6, 6.07) is 2.88. The van der Waals surface area contributed by atoms with Gasteiger partial charge in [-0.1, -0.05) is 6.92 Å². The number of hydrogen-bond donors (Lipinski definition) is 1. The minimum atomic E-state index is -0.879. The third kappa shape index (κ3) is 3.41. The average molecular weight is 253 g/mol. The van der Waals surface area contributed by atoms with Gasteiger partial charge in [0.05, 0.1) is 10.8 Å². The number of rotatable bonds is 6. The number of nitrogens with zero attached hydrogens (tertiary/aromatic N) is 3. The highest BCUT2D eigenvalue weighted by molar-refractivity contribution is 5.70. The van der Waals surface area contributed by atoms with Crippen molar-refractivity contribution in [1.29, 1.82) is 0 Å². The molecule has 18 heavy (non-hydrogen) atoms. The molecule has 0 radical (unpaired) electrons. The Hall–Kier alpha value is -2.18. The molecule has 1 atom stereocenters. The Morgan fingerprint density at radius 1 is 1.61 bits per heavy atom. The zero-order valence-corrected chi connectivity index (χ0v) is 10.2. The minimum absolute atomic E-state index is 0.0823. The molecule has 98 valence electrons. The number of anilines is 1. The molecule has 1 heterocycles. The molecule has 0 saturated heterocycles. The van der Waals surface area contributed by atoms with Gasteiger partial charge in [-0.05, 0) is 13.0 Å². The van der Waals surface area contributed by atoms with Crippen LogP contribution < -0.4 is 4.90 Å². The van der Waals surface area contributed by atoms with E-state index in [1.54, 1.807) is 11.8 Å². The molecular weight excluding hydrogens is 238 g/mol. The highest BCUT2D eigenvalue weighted by atomic mass is 16.6. The van der Waals surface area contributed by atoms with Crippen molar-refractivity contribution in [2.75, 3.05) is 18.0 Å². The Balaban J connectivity index is 2.82.